The molecule has 178 valence electrons. The fourth-order valence-electron chi connectivity index (χ4n) is 4.01. The Morgan fingerprint density at radius 1 is 1.06 bits per heavy atom. The number of hydrogen-bond donors (Lipinski definition) is 0. The molecule has 8 heteroatoms. The van der Waals surface area contributed by atoms with Crippen molar-refractivity contribution in [3.8, 4) is 5.69 Å². The van der Waals surface area contributed by atoms with Crippen LogP contribution in [0.3, 0.4) is 0 Å². The summed E-state index contributed by atoms with van der Waals surface area (Å²) in [6, 6.07) is 13.0. The van der Waals surface area contributed by atoms with E-state index in [0.717, 1.165) is 10.8 Å². The zero-order valence-corrected chi connectivity index (χ0v) is 20.5. The lowest BCUT2D eigenvalue weighted by Crippen LogP contribution is -2.49. The van der Waals surface area contributed by atoms with Crippen molar-refractivity contribution in [1.29, 1.82) is 0 Å². The van der Waals surface area contributed by atoms with Gasteiger partial charge in [0.15, 0.2) is 10.9 Å². The Balaban J connectivity index is 1.32. The number of anilines is 1. The first kappa shape index (κ1) is 24.0. The van der Waals surface area contributed by atoms with Gasteiger partial charge in [-0.25, -0.2) is 9.37 Å². The molecule has 0 unspecified atom stereocenters. The van der Waals surface area contributed by atoms with Crippen LogP contribution in [0.5, 0.6) is 0 Å². The van der Waals surface area contributed by atoms with Crippen LogP contribution >= 0.6 is 11.8 Å². The molecule has 0 spiro atoms. The molecule has 3 aromatic rings. The van der Waals surface area contributed by atoms with E-state index in [9.17, 15) is 14.0 Å². The Morgan fingerprint density at radius 2 is 1.76 bits per heavy atom. The molecule has 1 aliphatic heterocycles. The second-order valence-corrected chi connectivity index (χ2v) is 9.65. The average Bonchev–Trinajstić information content (AvgIpc) is 3.31. The predicted molar refractivity (Wildman–Crippen MR) is 134 cm³/mol. The number of nitrogens with zero attached hydrogens (tertiary/aromatic N) is 4. The first-order valence-electron chi connectivity index (χ1n) is 11.4. The van der Waals surface area contributed by atoms with Gasteiger partial charge in [-0.15, -0.1) is 0 Å². The molecule has 4 rings (SSSR count). The van der Waals surface area contributed by atoms with Crippen LogP contribution in [-0.4, -0.2) is 58.1 Å². The molecule has 0 saturated carbocycles. The smallest absolute Gasteiger partial charge is 0.233 e. The van der Waals surface area contributed by atoms with Crippen molar-refractivity contribution in [3.63, 3.8) is 0 Å². The molecular weight excluding hydrogens is 451 g/mol. The fourth-order valence-corrected chi connectivity index (χ4v) is 4.89. The molecule has 0 atom stereocenters. The number of aromatic nitrogens is 2. The van der Waals surface area contributed by atoms with Gasteiger partial charge >= 0.3 is 0 Å². The summed E-state index contributed by atoms with van der Waals surface area (Å²) in [6.45, 7) is 7.90. The van der Waals surface area contributed by atoms with Crippen molar-refractivity contribution in [1.82, 2.24) is 14.5 Å². The molecule has 0 N–H and O–H groups in total. The highest BCUT2D eigenvalue weighted by Crippen LogP contribution is 2.25. The van der Waals surface area contributed by atoms with Crippen molar-refractivity contribution in [2.45, 2.75) is 31.8 Å². The van der Waals surface area contributed by atoms with Crippen LogP contribution in [-0.2, 0) is 4.79 Å². The highest BCUT2D eigenvalue weighted by atomic mass is 32.2. The zero-order valence-electron chi connectivity index (χ0n) is 19.7. The maximum atomic E-state index is 14.5. The Bertz CT molecular complexity index is 1170. The number of carbonyl (C=O) groups excluding carboxylic acids is 2. The van der Waals surface area contributed by atoms with E-state index < -0.39 is 5.82 Å². The number of imidazole rings is 1. The van der Waals surface area contributed by atoms with Crippen molar-refractivity contribution < 1.29 is 14.0 Å². The van der Waals surface area contributed by atoms with Gasteiger partial charge in [0.05, 0.1) is 11.4 Å². The topological polar surface area (TPSA) is 58.4 Å². The number of amides is 1. The second kappa shape index (κ2) is 10.4. The summed E-state index contributed by atoms with van der Waals surface area (Å²) in [5.41, 5.74) is 3.13. The molecule has 1 saturated heterocycles. The number of piperazine rings is 1. The van der Waals surface area contributed by atoms with Crippen LogP contribution in [0.2, 0.25) is 0 Å². The summed E-state index contributed by atoms with van der Waals surface area (Å²) in [5, 5.41) is 0.775. The van der Waals surface area contributed by atoms with Crippen molar-refractivity contribution in [2.24, 2.45) is 0 Å². The Kier molecular flexibility index (Phi) is 7.36. The quantitative estimate of drug-likeness (QED) is 0.360. The number of hydrogen-bond acceptors (Lipinski definition) is 5. The van der Waals surface area contributed by atoms with Gasteiger partial charge in [0.1, 0.15) is 5.82 Å². The summed E-state index contributed by atoms with van der Waals surface area (Å²) in [7, 11) is 0. The molecule has 2 heterocycles. The zero-order chi connectivity index (χ0) is 24.2. The lowest BCUT2D eigenvalue weighted by Gasteiger charge is -2.36. The fraction of sp³-hybridized carbons (Fsp3) is 0.346. The third-order valence-corrected chi connectivity index (χ3v) is 7.05. The third-order valence-electron chi connectivity index (χ3n) is 6.10. The van der Waals surface area contributed by atoms with Gasteiger partial charge in [-0.3, -0.25) is 14.2 Å². The Labute approximate surface area is 203 Å². The number of ketones is 1. The SMILES string of the molecule is CC(=O)c1ccc(N2CCN(C(=O)CSc3nccn3-c3ccc(C(C)C)cc3)CC2)c(F)c1. The summed E-state index contributed by atoms with van der Waals surface area (Å²) < 4.78 is 16.5. The Morgan fingerprint density at radius 3 is 2.38 bits per heavy atom. The molecule has 1 amide bonds. The van der Waals surface area contributed by atoms with Gasteiger partial charge in [-0.1, -0.05) is 37.7 Å². The highest BCUT2D eigenvalue weighted by molar-refractivity contribution is 7.99. The summed E-state index contributed by atoms with van der Waals surface area (Å²) in [6.07, 6.45) is 3.65. The van der Waals surface area contributed by atoms with Gasteiger partial charge in [0.2, 0.25) is 5.91 Å². The number of carbonyl (C=O) groups is 2. The number of thioether (sulfide) groups is 1. The standard InChI is InChI=1S/C26H29FN4O2S/c1-18(2)20-4-7-22(8-5-20)31-11-10-28-26(31)34-17-25(33)30-14-12-29(13-15-30)24-9-6-21(19(3)32)16-23(24)27/h4-11,16,18H,12-15,17H2,1-3H3. The van der Waals surface area contributed by atoms with Gasteiger partial charge in [0.25, 0.3) is 0 Å². The van der Waals surface area contributed by atoms with Crippen LogP contribution in [0.15, 0.2) is 60.0 Å². The number of benzene rings is 2. The van der Waals surface area contributed by atoms with E-state index in [0.29, 0.717) is 49.1 Å². The minimum Gasteiger partial charge on any atom is -0.366 e. The van der Waals surface area contributed by atoms with Gasteiger partial charge in [-0.2, -0.15) is 0 Å². The first-order valence-corrected chi connectivity index (χ1v) is 12.4. The van der Waals surface area contributed by atoms with Crippen molar-refractivity contribution in [3.05, 3.63) is 71.8 Å². The molecule has 1 aliphatic rings. The Hall–Kier alpha value is -3.13. The predicted octanol–water partition coefficient (Wildman–Crippen LogP) is 4.78. The third kappa shape index (κ3) is 5.33. The van der Waals surface area contributed by atoms with E-state index in [1.54, 1.807) is 18.3 Å². The van der Waals surface area contributed by atoms with E-state index in [1.807, 2.05) is 20.6 Å². The number of halogens is 1. The molecule has 1 aromatic heterocycles. The molecule has 0 bridgehead atoms. The van der Waals surface area contributed by atoms with E-state index in [1.165, 1.54) is 30.3 Å². The normalized spacial score (nSPS) is 14.0. The first-order chi connectivity index (χ1) is 16.3. The van der Waals surface area contributed by atoms with Gasteiger partial charge in [0, 0.05) is 49.8 Å². The highest BCUT2D eigenvalue weighted by Gasteiger charge is 2.23. The molecule has 0 aliphatic carbocycles. The summed E-state index contributed by atoms with van der Waals surface area (Å²) in [4.78, 5) is 32.5. The maximum absolute atomic E-state index is 14.5. The van der Waals surface area contributed by atoms with Crippen LogP contribution in [0, 0.1) is 5.82 Å². The van der Waals surface area contributed by atoms with Crippen LogP contribution in [0.4, 0.5) is 10.1 Å². The van der Waals surface area contributed by atoms with E-state index in [2.05, 4.69) is 43.1 Å². The molecule has 2 aromatic carbocycles. The average molecular weight is 481 g/mol. The molecule has 34 heavy (non-hydrogen) atoms. The largest absolute Gasteiger partial charge is 0.366 e. The lowest BCUT2D eigenvalue weighted by molar-refractivity contribution is -0.128. The van der Waals surface area contributed by atoms with Crippen LogP contribution < -0.4 is 4.90 Å². The molecular formula is C26H29FN4O2S. The van der Waals surface area contributed by atoms with Gasteiger partial charge < -0.3 is 9.80 Å². The van der Waals surface area contributed by atoms with Crippen molar-refractivity contribution in [2.75, 3.05) is 36.8 Å². The van der Waals surface area contributed by atoms with Crippen LogP contribution in [0.1, 0.15) is 42.6 Å². The molecule has 0 radical (unpaired) electrons. The summed E-state index contributed by atoms with van der Waals surface area (Å²) in [5.74, 6) is 0.243. The molecule has 6 nitrogen and oxygen atoms in total. The number of Topliss-reactive ketones (excluding diaryl/α,β-unsaturated/α-hetero) is 1. The van der Waals surface area contributed by atoms with E-state index in [4.69, 9.17) is 0 Å². The lowest BCUT2D eigenvalue weighted by atomic mass is 10.0. The monoisotopic (exact) mass is 480 g/mol. The minimum absolute atomic E-state index is 0.0433. The van der Waals surface area contributed by atoms with Crippen LogP contribution in [0.25, 0.3) is 5.69 Å². The molecule has 1 fully saturated rings. The van der Waals surface area contributed by atoms with Gasteiger partial charge in [-0.05, 0) is 48.7 Å². The van der Waals surface area contributed by atoms with E-state index in [-0.39, 0.29) is 11.7 Å². The summed E-state index contributed by atoms with van der Waals surface area (Å²) >= 11 is 1.42. The van der Waals surface area contributed by atoms with E-state index >= 15 is 0 Å². The number of rotatable bonds is 7. The second-order valence-electron chi connectivity index (χ2n) is 8.70. The maximum Gasteiger partial charge on any atom is 0.233 e. The van der Waals surface area contributed by atoms with Crippen molar-refractivity contribution >= 4 is 29.1 Å². The minimum atomic E-state index is -0.406.